The first-order chi connectivity index (χ1) is 16.3. The molecule has 2 atom stereocenters. The summed E-state index contributed by atoms with van der Waals surface area (Å²) in [6, 6.07) is 2.26. The van der Waals surface area contributed by atoms with Crippen molar-refractivity contribution in [3.05, 3.63) is 52.3 Å². The van der Waals surface area contributed by atoms with E-state index in [9.17, 15) is 4.79 Å². The summed E-state index contributed by atoms with van der Waals surface area (Å²) >= 11 is 0. The van der Waals surface area contributed by atoms with Crippen molar-refractivity contribution in [2.75, 3.05) is 33.9 Å². The predicted molar refractivity (Wildman–Crippen MR) is 137 cm³/mol. The molecule has 1 aromatic heterocycles. The van der Waals surface area contributed by atoms with Crippen LogP contribution in [0.2, 0.25) is 0 Å². The van der Waals surface area contributed by atoms with E-state index in [0.717, 1.165) is 60.4 Å². The lowest BCUT2D eigenvalue weighted by Gasteiger charge is -2.25. The minimum atomic E-state index is -0.0927. The number of aryl methyl sites for hydroxylation is 2. The third-order valence-corrected chi connectivity index (χ3v) is 6.41. The van der Waals surface area contributed by atoms with Gasteiger partial charge in [-0.1, -0.05) is 19.1 Å². The van der Waals surface area contributed by atoms with E-state index in [-0.39, 0.29) is 5.91 Å². The van der Waals surface area contributed by atoms with Crippen LogP contribution >= 0.6 is 0 Å². The molecule has 0 aromatic carbocycles. The van der Waals surface area contributed by atoms with Gasteiger partial charge in [0.2, 0.25) is 5.88 Å². The molecule has 1 saturated heterocycles. The molecule has 3 heterocycles. The van der Waals surface area contributed by atoms with Gasteiger partial charge in [0.15, 0.2) is 0 Å². The Morgan fingerprint density at radius 3 is 2.91 bits per heavy atom. The van der Waals surface area contributed by atoms with Crippen molar-refractivity contribution in [1.29, 1.82) is 0 Å². The van der Waals surface area contributed by atoms with Gasteiger partial charge in [-0.25, -0.2) is 4.98 Å². The molecule has 0 aliphatic carbocycles. The van der Waals surface area contributed by atoms with Crippen LogP contribution in [0.1, 0.15) is 49.9 Å². The number of aromatic nitrogens is 1. The van der Waals surface area contributed by atoms with E-state index in [0.29, 0.717) is 30.0 Å². The van der Waals surface area contributed by atoms with Crippen molar-refractivity contribution in [2.45, 2.75) is 53.0 Å². The normalized spacial score (nSPS) is 23.4. The van der Waals surface area contributed by atoms with E-state index in [1.165, 1.54) is 0 Å². The van der Waals surface area contributed by atoms with E-state index in [2.05, 4.69) is 48.3 Å². The fourth-order valence-electron chi connectivity index (χ4n) is 4.54. The van der Waals surface area contributed by atoms with E-state index in [1.807, 2.05) is 31.1 Å². The van der Waals surface area contributed by atoms with Crippen molar-refractivity contribution in [3.63, 3.8) is 0 Å². The number of nitrogens with one attached hydrogen (secondary N) is 1. The van der Waals surface area contributed by atoms with Gasteiger partial charge in [-0.3, -0.25) is 9.80 Å². The molecule has 2 aliphatic rings. The maximum absolute atomic E-state index is 12.6. The summed E-state index contributed by atoms with van der Waals surface area (Å²) in [6.45, 7) is 10.5. The lowest BCUT2D eigenvalue weighted by atomic mass is 9.99. The summed E-state index contributed by atoms with van der Waals surface area (Å²) < 4.78 is 10.9. The second-order valence-corrected chi connectivity index (χ2v) is 9.32. The van der Waals surface area contributed by atoms with Gasteiger partial charge in [0.05, 0.1) is 18.9 Å². The van der Waals surface area contributed by atoms with E-state index in [1.54, 1.807) is 13.3 Å². The van der Waals surface area contributed by atoms with Gasteiger partial charge in [0.1, 0.15) is 0 Å². The highest BCUT2D eigenvalue weighted by molar-refractivity contribution is 6.12. The molecule has 0 spiro atoms. The first-order valence-electron chi connectivity index (χ1n) is 12.0. The quantitative estimate of drug-likeness (QED) is 0.502. The Morgan fingerprint density at radius 1 is 1.38 bits per heavy atom. The maximum atomic E-state index is 12.6. The first kappa shape index (κ1) is 25.7. The van der Waals surface area contributed by atoms with Gasteiger partial charge in [0.25, 0.3) is 5.91 Å². The Kier molecular flexibility index (Phi) is 9.05. The molecule has 0 bridgehead atoms. The summed E-state index contributed by atoms with van der Waals surface area (Å²) in [6.07, 6.45) is 10.5. The zero-order valence-corrected chi connectivity index (χ0v) is 21.4. The van der Waals surface area contributed by atoms with Crippen LogP contribution in [0, 0.1) is 19.8 Å². The monoisotopic (exact) mass is 466 g/mol. The fourth-order valence-corrected chi connectivity index (χ4v) is 4.54. The smallest absolute Gasteiger partial charge is 0.252 e. The molecule has 2 unspecified atom stereocenters. The van der Waals surface area contributed by atoms with Gasteiger partial charge >= 0.3 is 0 Å². The van der Waals surface area contributed by atoms with E-state index < -0.39 is 0 Å². The number of nitrogens with zero attached hydrogens (tertiary/aromatic N) is 3. The Bertz CT molecular complexity index is 986. The SMILES string of the molecule is COc1cc(C)c(/C(C)=C/C=C2C=C(/C=N\N(C)C3CCOCC(C)C3)C(=O)NCC/2)c(C)n1. The number of hydrogen-bond acceptors (Lipinski definition) is 6. The third-order valence-electron chi connectivity index (χ3n) is 6.41. The Balaban J connectivity index is 1.80. The fraction of sp³-hybridized carbons (Fsp3) is 0.519. The maximum Gasteiger partial charge on any atom is 0.252 e. The molecule has 34 heavy (non-hydrogen) atoms. The molecule has 7 heteroatoms. The largest absolute Gasteiger partial charge is 0.481 e. The molecule has 1 amide bonds. The highest BCUT2D eigenvalue weighted by Crippen LogP contribution is 2.25. The molecule has 7 nitrogen and oxygen atoms in total. The third kappa shape index (κ3) is 6.79. The van der Waals surface area contributed by atoms with Gasteiger partial charge in [0, 0.05) is 50.2 Å². The predicted octanol–water partition coefficient (Wildman–Crippen LogP) is 4.22. The molecule has 184 valence electrons. The highest BCUT2D eigenvalue weighted by atomic mass is 16.5. The summed E-state index contributed by atoms with van der Waals surface area (Å²) in [7, 11) is 3.61. The average molecular weight is 467 g/mol. The summed E-state index contributed by atoms with van der Waals surface area (Å²) in [4.78, 5) is 17.1. The number of pyridine rings is 1. The Labute approximate surface area is 203 Å². The number of allylic oxidation sites excluding steroid dienone is 4. The van der Waals surface area contributed by atoms with Gasteiger partial charge < -0.3 is 14.8 Å². The van der Waals surface area contributed by atoms with Crippen molar-refractivity contribution < 1.29 is 14.3 Å². The minimum absolute atomic E-state index is 0.0927. The standard InChI is InChI=1S/C27H38N4O3/c1-18-13-24(10-12-34-17-18)31(5)29-16-23-15-22(9-11-28-27(23)32)8-7-19(2)26-20(3)14-25(33-6)30-21(26)4/h7-8,14-16,18,24H,9-13,17H2,1-6H3,(H,28,32)/b19-7+,22-8+,29-16-. The number of hydrazone groups is 1. The number of amides is 1. The van der Waals surface area contributed by atoms with Crippen molar-refractivity contribution in [3.8, 4) is 5.88 Å². The van der Waals surface area contributed by atoms with Crippen LogP contribution < -0.4 is 10.1 Å². The molecule has 1 N–H and O–H groups in total. The number of carbonyl (C=O) groups is 1. The molecule has 3 rings (SSSR count). The lowest BCUT2D eigenvalue weighted by Crippen LogP contribution is -2.30. The first-order valence-corrected chi connectivity index (χ1v) is 12.0. The number of methoxy groups -OCH3 is 1. The summed E-state index contributed by atoms with van der Waals surface area (Å²) in [5, 5.41) is 9.56. The zero-order chi connectivity index (χ0) is 24.7. The van der Waals surface area contributed by atoms with E-state index in [4.69, 9.17) is 9.47 Å². The second-order valence-electron chi connectivity index (χ2n) is 9.32. The molecule has 0 saturated carbocycles. The van der Waals surface area contributed by atoms with Crippen LogP contribution in [0.3, 0.4) is 0 Å². The van der Waals surface area contributed by atoms with Crippen LogP contribution in [0.5, 0.6) is 5.88 Å². The topological polar surface area (TPSA) is 76.1 Å². The Hall–Kier alpha value is -2.93. The van der Waals surface area contributed by atoms with Crippen LogP contribution in [-0.4, -0.2) is 62.1 Å². The molecule has 2 aliphatic heterocycles. The summed E-state index contributed by atoms with van der Waals surface area (Å²) in [5.74, 6) is 1.04. The highest BCUT2D eigenvalue weighted by Gasteiger charge is 2.21. The Morgan fingerprint density at radius 2 is 2.18 bits per heavy atom. The molecular weight excluding hydrogens is 428 g/mol. The average Bonchev–Trinajstić information content (AvgIpc) is 3.13. The van der Waals surface area contributed by atoms with Crippen LogP contribution in [-0.2, 0) is 9.53 Å². The van der Waals surface area contributed by atoms with Gasteiger partial charge in [-0.2, -0.15) is 5.10 Å². The second kappa shape index (κ2) is 12.0. The summed E-state index contributed by atoms with van der Waals surface area (Å²) in [5.41, 5.74) is 5.95. The van der Waals surface area contributed by atoms with Crippen molar-refractivity contribution >= 4 is 17.7 Å². The number of rotatable bonds is 6. The molecular formula is C27H38N4O3. The number of carbonyl (C=O) groups excluding carboxylic acids is 1. The molecule has 1 aromatic rings. The van der Waals surface area contributed by atoms with Crippen LogP contribution in [0.25, 0.3) is 5.57 Å². The van der Waals surface area contributed by atoms with Crippen LogP contribution in [0.15, 0.2) is 40.5 Å². The molecule has 0 radical (unpaired) electrons. The zero-order valence-electron chi connectivity index (χ0n) is 21.4. The van der Waals surface area contributed by atoms with Crippen molar-refractivity contribution in [2.24, 2.45) is 11.0 Å². The van der Waals surface area contributed by atoms with Crippen molar-refractivity contribution in [1.82, 2.24) is 15.3 Å². The molecule has 1 fully saturated rings. The van der Waals surface area contributed by atoms with Gasteiger partial charge in [-0.15, -0.1) is 0 Å². The van der Waals surface area contributed by atoms with E-state index >= 15 is 0 Å². The number of ether oxygens (including phenoxy) is 2. The van der Waals surface area contributed by atoms with Gasteiger partial charge in [-0.05, 0) is 68.7 Å². The number of hydrogen-bond donors (Lipinski definition) is 1. The van der Waals surface area contributed by atoms with Crippen LogP contribution in [0.4, 0.5) is 0 Å². The lowest BCUT2D eigenvalue weighted by molar-refractivity contribution is -0.116. The minimum Gasteiger partial charge on any atom is -0.481 e.